The zero-order valence-corrected chi connectivity index (χ0v) is 12.1. The van der Waals surface area contributed by atoms with E-state index in [1.807, 2.05) is 24.3 Å². The smallest absolute Gasteiger partial charge is 0.263 e. The molecule has 2 heterocycles. The van der Waals surface area contributed by atoms with E-state index in [9.17, 15) is 4.39 Å². The van der Waals surface area contributed by atoms with Crippen LogP contribution in [0.15, 0.2) is 69.7 Å². The summed E-state index contributed by atoms with van der Waals surface area (Å²) in [5.74, 6) is 0.807. The highest BCUT2D eigenvalue weighted by Crippen LogP contribution is 2.26. The molecule has 0 spiro atoms. The maximum absolute atomic E-state index is 13.2. The third kappa shape index (κ3) is 2.81. The van der Waals surface area contributed by atoms with Crippen LogP contribution < -0.4 is 5.32 Å². The number of hydrogen-bond donors (Lipinski definition) is 1. The van der Waals surface area contributed by atoms with Gasteiger partial charge in [0.25, 0.3) is 5.89 Å². The highest BCUT2D eigenvalue weighted by Gasteiger charge is 2.10. The van der Waals surface area contributed by atoms with E-state index in [2.05, 4.69) is 10.3 Å². The fourth-order valence-electron chi connectivity index (χ4n) is 2.39. The van der Waals surface area contributed by atoms with E-state index in [-0.39, 0.29) is 5.82 Å². The van der Waals surface area contributed by atoms with Crippen LogP contribution in [-0.2, 0) is 6.54 Å². The highest BCUT2D eigenvalue weighted by atomic mass is 19.1. The molecule has 4 aromatic rings. The van der Waals surface area contributed by atoms with E-state index in [0.29, 0.717) is 23.8 Å². The van der Waals surface area contributed by atoms with Crippen LogP contribution in [0.1, 0.15) is 5.56 Å². The number of nitrogens with zero attached hydrogens (tertiary/aromatic N) is 1. The van der Waals surface area contributed by atoms with Gasteiger partial charge in [-0.05, 0) is 48.0 Å². The van der Waals surface area contributed by atoms with Gasteiger partial charge in [-0.1, -0.05) is 12.1 Å². The molecule has 0 saturated carbocycles. The molecule has 0 unspecified atom stereocenters. The molecule has 5 heteroatoms. The predicted octanol–water partition coefficient (Wildman–Crippen LogP) is 4.84. The molecule has 0 aliphatic rings. The Kier molecular flexibility index (Phi) is 3.31. The van der Waals surface area contributed by atoms with Crippen LogP contribution in [0.5, 0.6) is 0 Å². The van der Waals surface area contributed by atoms with Gasteiger partial charge >= 0.3 is 0 Å². The molecule has 0 fully saturated rings. The summed E-state index contributed by atoms with van der Waals surface area (Å²) >= 11 is 0. The average Bonchev–Trinajstić information content (AvgIpc) is 3.21. The Morgan fingerprint density at radius 1 is 1.04 bits per heavy atom. The van der Waals surface area contributed by atoms with Crippen molar-refractivity contribution in [3.05, 3.63) is 72.2 Å². The zero-order valence-electron chi connectivity index (χ0n) is 12.1. The molecule has 0 radical (unpaired) electrons. The lowest BCUT2D eigenvalue weighted by molar-refractivity contribution is 0.535. The molecule has 2 aromatic heterocycles. The lowest BCUT2D eigenvalue weighted by atomic mass is 10.2. The van der Waals surface area contributed by atoms with Crippen LogP contribution in [0.25, 0.3) is 22.8 Å². The van der Waals surface area contributed by atoms with E-state index in [1.54, 1.807) is 24.5 Å². The third-order valence-electron chi connectivity index (χ3n) is 3.51. The van der Waals surface area contributed by atoms with Crippen molar-refractivity contribution in [3.8, 4) is 11.7 Å². The van der Waals surface area contributed by atoms with Gasteiger partial charge in [0.15, 0.2) is 11.3 Å². The van der Waals surface area contributed by atoms with Crippen molar-refractivity contribution in [2.45, 2.75) is 6.54 Å². The molecular weight excluding hydrogens is 295 g/mol. The predicted molar refractivity (Wildman–Crippen MR) is 85.4 cm³/mol. The molecule has 0 saturated heterocycles. The number of anilines is 1. The first kappa shape index (κ1) is 13.6. The van der Waals surface area contributed by atoms with Crippen molar-refractivity contribution in [2.75, 3.05) is 5.32 Å². The number of oxazole rings is 1. The monoisotopic (exact) mass is 308 g/mol. The minimum Gasteiger partial charge on any atom is -0.459 e. The van der Waals surface area contributed by atoms with Crippen molar-refractivity contribution in [1.82, 2.24) is 4.98 Å². The number of nitrogens with one attached hydrogen (secondary N) is 1. The summed E-state index contributed by atoms with van der Waals surface area (Å²) in [5, 5.41) is 3.25. The minimum absolute atomic E-state index is 0.237. The third-order valence-corrected chi connectivity index (χ3v) is 3.51. The summed E-state index contributed by atoms with van der Waals surface area (Å²) in [6.07, 6.45) is 1.58. The molecule has 114 valence electrons. The first-order chi connectivity index (χ1) is 11.3. The van der Waals surface area contributed by atoms with Gasteiger partial charge < -0.3 is 14.2 Å². The molecule has 0 aliphatic carbocycles. The van der Waals surface area contributed by atoms with Gasteiger partial charge in [0.05, 0.1) is 6.26 Å². The Labute approximate surface area is 131 Å². The quantitative estimate of drug-likeness (QED) is 0.586. The van der Waals surface area contributed by atoms with E-state index >= 15 is 0 Å². The number of hydrogen-bond acceptors (Lipinski definition) is 4. The Morgan fingerprint density at radius 2 is 2.00 bits per heavy atom. The Balaban J connectivity index is 1.56. The molecule has 1 N–H and O–H groups in total. The van der Waals surface area contributed by atoms with Crippen molar-refractivity contribution < 1.29 is 13.2 Å². The van der Waals surface area contributed by atoms with Crippen LogP contribution in [0.2, 0.25) is 0 Å². The second kappa shape index (κ2) is 5.61. The molecule has 0 amide bonds. The molecule has 2 aromatic carbocycles. The van der Waals surface area contributed by atoms with Crippen molar-refractivity contribution in [1.29, 1.82) is 0 Å². The summed E-state index contributed by atoms with van der Waals surface area (Å²) in [6.45, 7) is 0.534. The lowest BCUT2D eigenvalue weighted by Gasteiger charge is -2.06. The van der Waals surface area contributed by atoms with Gasteiger partial charge in [0.2, 0.25) is 0 Å². The minimum atomic E-state index is -0.237. The molecular formula is C18H13FN2O2. The van der Waals surface area contributed by atoms with Crippen molar-refractivity contribution >= 4 is 16.8 Å². The lowest BCUT2D eigenvalue weighted by Crippen LogP contribution is -1.99. The first-order valence-corrected chi connectivity index (χ1v) is 7.21. The normalized spacial score (nSPS) is 11.0. The van der Waals surface area contributed by atoms with Gasteiger partial charge in [-0.2, -0.15) is 0 Å². The van der Waals surface area contributed by atoms with Gasteiger partial charge in [-0.3, -0.25) is 0 Å². The summed E-state index contributed by atoms with van der Waals surface area (Å²) in [4.78, 5) is 4.42. The van der Waals surface area contributed by atoms with E-state index in [0.717, 1.165) is 16.8 Å². The summed E-state index contributed by atoms with van der Waals surface area (Å²) < 4.78 is 24.1. The number of halogens is 1. The largest absolute Gasteiger partial charge is 0.459 e. The second-order valence-electron chi connectivity index (χ2n) is 5.16. The Morgan fingerprint density at radius 3 is 2.83 bits per heavy atom. The highest BCUT2D eigenvalue weighted by molar-refractivity contribution is 5.79. The van der Waals surface area contributed by atoms with Crippen LogP contribution in [0.4, 0.5) is 10.1 Å². The standard InChI is InChI=1S/C18H13FN2O2/c19-13-4-1-3-12(9-13)11-20-14-6-7-16-15(10-14)21-18(23-16)17-5-2-8-22-17/h1-10,20H,11H2. The Bertz CT molecular complexity index is 945. The molecule has 0 aliphatic heterocycles. The van der Waals surface area contributed by atoms with Crippen LogP contribution in [-0.4, -0.2) is 4.98 Å². The van der Waals surface area contributed by atoms with E-state index in [4.69, 9.17) is 8.83 Å². The number of furan rings is 1. The zero-order chi connectivity index (χ0) is 15.6. The van der Waals surface area contributed by atoms with Crippen molar-refractivity contribution in [2.24, 2.45) is 0 Å². The molecule has 0 bridgehead atoms. The average molecular weight is 308 g/mol. The molecule has 4 nitrogen and oxygen atoms in total. The number of benzene rings is 2. The van der Waals surface area contributed by atoms with Crippen LogP contribution in [0, 0.1) is 5.82 Å². The van der Waals surface area contributed by atoms with Crippen LogP contribution >= 0.6 is 0 Å². The fraction of sp³-hybridized carbons (Fsp3) is 0.0556. The van der Waals surface area contributed by atoms with Crippen molar-refractivity contribution in [3.63, 3.8) is 0 Å². The molecule has 23 heavy (non-hydrogen) atoms. The van der Waals surface area contributed by atoms with E-state index < -0.39 is 0 Å². The number of fused-ring (bicyclic) bond motifs is 1. The summed E-state index contributed by atoms with van der Waals surface area (Å²) in [7, 11) is 0. The Hall–Kier alpha value is -3.08. The SMILES string of the molecule is Fc1cccc(CNc2ccc3oc(-c4ccco4)nc3c2)c1. The van der Waals surface area contributed by atoms with Gasteiger partial charge in [0, 0.05) is 12.2 Å². The number of rotatable bonds is 4. The number of aromatic nitrogens is 1. The van der Waals surface area contributed by atoms with Gasteiger partial charge in [-0.15, -0.1) is 0 Å². The topological polar surface area (TPSA) is 51.2 Å². The second-order valence-corrected chi connectivity index (χ2v) is 5.16. The van der Waals surface area contributed by atoms with Crippen LogP contribution in [0.3, 0.4) is 0 Å². The first-order valence-electron chi connectivity index (χ1n) is 7.21. The van der Waals surface area contributed by atoms with Gasteiger partial charge in [-0.25, -0.2) is 9.37 Å². The maximum atomic E-state index is 13.2. The van der Waals surface area contributed by atoms with Gasteiger partial charge in [0.1, 0.15) is 11.3 Å². The summed E-state index contributed by atoms with van der Waals surface area (Å²) in [5.41, 5.74) is 3.19. The van der Waals surface area contributed by atoms with E-state index in [1.165, 1.54) is 12.1 Å². The maximum Gasteiger partial charge on any atom is 0.263 e. The fourth-order valence-corrected chi connectivity index (χ4v) is 2.39. The molecule has 0 atom stereocenters. The molecule has 4 rings (SSSR count). The summed E-state index contributed by atoms with van der Waals surface area (Å²) in [6, 6.07) is 15.7.